The number of rotatable bonds is 4. The van der Waals surface area contributed by atoms with Gasteiger partial charge in [0.15, 0.2) is 5.96 Å². The van der Waals surface area contributed by atoms with Crippen LogP contribution >= 0.6 is 0 Å². The fraction of sp³-hybridized carbons (Fsp3) is 0.600. The number of carbonyl (C=O) groups excluding carboxylic acids is 1. The first-order valence-electron chi connectivity index (χ1n) is 9.52. The van der Waals surface area contributed by atoms with Crippen LogP contribution in [-0.4, -0.2) is 60.8 Å². The van der Waals surface area contributed by atoms with Crippen LogP contribution in [-0.2, 0) is 4.74 Å². The molecule has 28 heavy (non-hydrogen) atoms. The van der Waals surface area contributed by atoms with Gasteiger partial charge in [-0.3, -0.25) is 4.99 Å². The van der Waals surface area contributed by atoms with E-state index in [2.05, 4.69) is 15.2 Å². The number of piperazine rings is 1. The Labute approximate surface area is 166 Å². The lowest BCUT2D eigenvalue weighted by Crippen LogP contribution is -2.52. The maximum atomic E-state index is 13.1. The number of benzene rings is 1. The Morgan fingerprint density at radius 2 is 1.71 bits per heavy atom. The van der Waals surface area contributed by atoms with Gasteiger partial charge in [0.2, 0.25) is 0 Å². The number of guanidine groups is 1. The third-order valence-electron chi connectivity index (χ3n) is 4.27. The number of nitrogens with zero attached hydrogens (tertiary/aromatic N) is 3. The summed E-state index contributed by atoms with van der Waals surface area (Å²) >= 11 is 0. The Morgan fingerprint density at radius 1 is 1.14 bits per heavy atom. The predicted molar refractivity (Wildman–Crippen MR) is 110 cm³/mol. The molecular weight excluding hydrogens is 361 g/mol. The van der Waals surface area contributed by atoms with E-state index in [4.69, 9.17) is 10.5 Å². The summed E-state index contributed by atoms with van der Waals surface area (Å²) in [5, 5.41) is 2.82. The summed E-state index contributed by atoms with van der Waals surface area (Å²) in [5.74, 6) is 0.221. The van der Waals surface area contributed by atoms with Crippen molar-refractivity contribution in [2.75, 3.05) is 37.6 Å². The van der Waals surface area contributed by atoms with E-state index in [9.17, 15) is 9.18 Å². The first-order valence-corrected chi connectivity index (χ1v) is 9.52. The SMILES string of the molecule is CC(C)(CN=C(N)N1CCN(c2ccc(F)cc2)CC1)NC(=O)OC(C)(C)C. The first kappa shape index (κ1) is 21.8. The lowest BCUT2D eigenvalue weighted by Gasteiger charge is -2.37. The molecule has 1 aliphatic rings. The molecule has 1 saturated heterocycles. The zero-order chi connectivity index (χ0) is 20.9. The van der Waals surface area contributed by atoms with E-state index in [1.807, 2.05) is 39.5 Å². The second-order valence-corrected chi connectivity index (χ2v) is 8.64. The molecule has 0 atom stereocenters. The molecule has 0 aliphatic carbocycles. The van der Waals surface area contributed by atoms with E-state index in [1.165, 1.54) is 12.1 Å². The minimum absolute atomic E-state index is 0.235. The molecule has 0 unspecified atom stereocenters. The molecule has 1 aromatic carbocycles. The number of amides is 1. The Balaban J connectivity index is 1.85. The summed E-state index contributed by atoms with van der Waals surface area (Å²) in [6.45, 7) is 12.6. The van der Waals surface area contributed by atoms with Crippen molar-refractivity contribution in [3.8, 4) is 0 Å². The minimum Gasteiger partial charge on any atom is -0.444 e. The topological polar surface area (TPSA) is 83.2 Å². The van der Waals surface area contributed by atoms with Crippen molar-refractivity contribution in [2.45, 2.75) is 45.8 Å². The Morgan fingerprint density at radius 3 is 2.25 bits per heavy atom. The average molecular weight is 394 g/mol. The van der Waals surface area contributed by atoms with Crippen molar-refractivity contribution in [2.24, 2.45) is 10.7 Å². The number of halogens is 1. The first-order chi connectivity index (χ1) is 13.0. The van der Waals surface area contributed by atoms with Crippen LogP contribution in [0.3, 0.4) is 0 Å². The van der Waals surface area contributed by atoms with E-state index in [1.54, 1.807) is 12.1 Å². The molecule has 0 aromatic heterocycles. The van der Waals surface area contributed by atoms with Gasteiger partial charge in [0.25, 0.3) is 0 Å². The molecule has 1 heterocycles. The number of carbonyl (C=O) groups is 1. The number of alkyl carbamates (subject to hydrolysis) is 1. The van der Waals surface area contributed by atoms with Gasteiger partial charge in [-0.15, -0.1) is 0 Å². The fourth-order valence-corrected chi connectivity index (χ4v) is 2.84. The van der Waals surface area contributed by atoms with Gasteiger partial charge in [0, 0.05) is 31.9 Å². The van der Waals surface area contributed by atoms with E-state index in [0.717, 1.165) is 31.9 Å². The van der Waals surface area contributed by atoms with E-state index < -0.39 is 17.2 Å². The Kier molecular flexibility index (Phi) is 6.74. The van der Waals surface area contributed by atoms with Crippen LogP contribution in [0.4, 0.5) is 14.9 Å². The van der Waals surface area contributed by atoms with Gasteiger partial charge in [-0.25, -0.2) is 9.18 Å². The molecule has 2 rings (SSSR count). The summed E-state index contributed by atoms with van der Waals surface area (Å²) in [5.41, 5.74) is 6.03. The molecule has 1 aliphatic heterocycles. The lowest BCUT2D eigenvalue weighted by molar-refractivity contribution is 0.0476. The average Bonchev–Trinajstić information content (AvgIpc) is 2.58. The molecule has 1 aromatic rings. The zero-order valence-corrected chi connectivity index (χ0v) is 17.5. The molecule has 156 valence electrons. The second-order valence-electron chi connectivity index (χ2n) is 8.64. The van der Waals surface area contributed by atoms with Crippen molar-refractivity contribution < 1.29 is 13.9 Å². The standard InChI is InChI=1S/C20H32FN5O2/c1-19(2,3)28-18(27)24-20(4,5)14-23-17(22)26-12-10-25(11-13-26)16-8-6-15(21)7-9-16/h6-9H,10-14H2,1-5H3,(H2,22,23)(H,24,27). The lowest BCUT2D eigenvalue weighted by atomic mass is 10.1. The van der Waals surface area contributed by atoms with Gasteiger partial charge in [0.05, 0.1) is 12.1 Å². The van der Waals surface area contributed by atoms with Crippen molar-refractivity contribution in [1.29, 1.82) is 0 Å². The normalized spacial score (nSPS) is 16.1. The second kappa shape index (κ2) is 8.67. The molecule has 1 amide bonds. The van der Waals surface area contributed by atoms with Gasteiger partial charge in [-0.05, 0) is 58.9 Å². The van der Waals surface area contributed by atoms with Crippen molar-refractivity contribution in [3.05, 3.63) is 30.1 Å². The molecule has 8 heteroatoms. The monoisotopic (exact) mass is 393 g/mol. The molecular formula is C20H32FN5O2. The third-order valence-corrected chi connectivity index (χ3v) is 4.27. The molecule has 0 spiro atoms. The number of hydrogen-bond donors (Lipinski definition) is 2. The van der Waals surface area contributed by atoms with Crippen LogP contribution in [0.2, 0.25) is 0 Å². The van der Waals surface area contributed by atoms with Crippen molar-refractivity contribution in [3.63, 3.8) is 0 Å². The van der Waals surface area contributed by atoms with Gasteiger partial charge in [-0.2, -0.15) is 0 Å². The molecule has 0 radical (unpaired) electrons. The van der Waals surface area contributed by atoms with Gasteiger partial charge >= 0.3 is 6.09 Å². The number of nitrogens with one attached hydrogen (secondary N) is 1. The predicted octanol–water partition coefficient (Wildman–Crippen LogP) is 2.57. The summed E-state index contributed by atoms with van der Waals surface area (Å²) in [6, 6.07) is 6.51. The summed E-state index contributed by atoms with van der Waals surface area (Å²) in [7, 11) is 0. The van der Waals surface area contributed by atoms with Crippen LogP contribution in [0.15, 0.2) is 29.3 Å². The number of aliphatic imine (C=N–C) groups is 1. The van der Waals surface area contributed by atoms with Gasteiger partial charge in [-0.1, -0.05) is 0 Å². The highest BCUT2D eigenvalue weighted by Crippen LogP contribution is 2.17. The Hall–Kier alpha value is -2.51. The number of ether oxygens (including phenoxy) is 1. The summed E-state index contributed by atoms with van der Waals surface area (Å²) < 4.78 is 18.4. The number of hydrogen-bond acceptors (Lipinski definition) is 4. The van der Waals surface area contributed by atoms with Crippen LogP contribution in [0.25, 0.3) is 0 Å². The summed E-state index contributed by atoms with van der Waals surface area (Å²) in [6.07, 6.45) is -0.473. The number of nitrogens with two attached hydrogens (primary N) is 1. The maximum absolute atomic E-state index is 13.1. The largest absolute Gasteiger partial charge is 0.444 e. The molecule has 3 N–H and O–H groups in total. The van der Waals surface area contributed by atoms with Crippen LogP contribution in [0.1, 0.15) is 34.6 Å². The molecule has 7 nitrogen and oxygen atoms in total. The highest BCUT2D eigenvalue weighted by molar-refractivity contribution is 5.78. The fourth-order valence-electron chi connectivity index (χ4n) is 2.84. The van der Waals surface area contributed by atoms with Crippen molar-refractivity contribution >= 4 is 17.7 Å². The van der Waals surface area contributed by atoms with E-state index >= 15 is 0 Å². The van der Waals surface area contributed by atoms with Gasteiger partial charge < -0.3 is 25.6 Å². The van der Waals surface area contributed by atoms with Crippen LogP contribution < -0.4 is 16.0 Å². The van der Waals surface area contributed by atoms with Crippen molar-refractivity contribution in [1.82, 2.24) is 10.2 Å². The van der Waals surface area contributed by atoms with E-state index in [0.29, 0.717) is 12.5 Å². The molecule has 0 saturated carbocycles. The smallest absolute Gasteiger partial charge is 0.408 e. The quantitative estimate of drug-likeness (QED) is 0.607. The third kappa shape index (κ3) is 6.90. The van der Waals surface area contributed by atoms with Gasteiger partial charge in [0.1, 0.15) is 11.4 Å². The van der Waals surface area contributed by atoms with E-state index in [-0.39, 0.29) is 5.82 Å². The summed E-state index contributed by atoms with van der Waals surface area (Å²) in [4.78, 5) is 20.6. The Bertz CT molecular complexity index is 690. The van der Waals surface area contributed by atoms with Crippen LogP contribution in [0, 0.1) is 5.82 Å². The highest BCUT2D eigenvalue weighted by atomic mass is 19.1. The minimum atomic E-state index is -0.580. The molecule has 1 fully saturated rings. The maximum Gasteiger partial charge on any atom is 0.408 e. The highest BCUT2D eigenvalue weighted by Gasteiger charge is 2.25. The number of anilines is 1. The zero-order valence-electron chi connectivity index (χ0n) is 17.5. The molecule has 0 bridgehead atoms. The van der Waals surface area contributed by atoms with Crippen LogP contribution in [0.5, 0.6) is 0 Å².